The number of benzene rings is 2. The van der Waals surface area contributed by atoms with Gasteiger partial charge in [0.15, 0.2) is 6.10 Å². The van der Waals surface area contributed by atoms with Crippen LogP contribution in [-0.2, 0) is 9.53 Å². The maximum Gasteiger partial charge on any atom is 0.338 e. The number of carboxylic acid groups (broad SMARTS) is 1. The average molecular weight is 442 g/mol. The van der Waals surface area contributed by atoms with Crippen molar-refractivity contribution in [1.29, 1.82) is 0 Å². The average Bonchev–Trinajstić information content (AvgIpc) is 3.07. The van der Waals surface area contributed by atoms with Crippen LogP contribution < -0.4 is 5.32 Å². The summed E-state index contributed by atoms with van der Waals surface area (Å²) in [6.45, 7) is 5.23. The van der Waals surface area contributed by atoms with Crippen LogP contribution in [0, 0.1) is 13.8 Å². The predicted molar refractivity (Wildman–Crippen MR) is 115 cm³/mol. The number of halogens is 1. The summed E-state index contributed by atoms with van der Waals surface area (Å²) in [7, 11) is 0. The zero-order valence-electron chi connectivity index (χ0n) is 17.0. The summed E-state index contributed by atoms with van der Waals surface area (Å²) in [5.74, 6) is -1.78. The van der Waals surface area contributed by atoms with Crippen molar-refractivity contribution in [1.82, 2.24) is 9.97 Å². The fraction of sp³-hybridized carbons (Fsp3) is 0.182. The lowest BCUT2D eigenvalue weighted by Gasteiger charge is -2.14. The molecule has 0 radical (unpaired) electrons. The van der Waals surface area contributed by atoms with Crippen molar-refractivity contribution in [3.05, 3.63) is 70.0 Å². The van der Waals surface area contributed by atoms with E-state index < -0.39 is 23.9 Å². The van der Waals surface area contributed by atoms with E-state index in [-0.39, 0.29) is 21.8 Å². The molecule has 3 N–H and O–H groups in total. The number of imidazole rings is 1. The van der Waals surface area contributed by atoms with Crippen molar-refractivity contribution >= 4 is 35.1 Å². The Morgan fingerprint density at radius 1 is 1.10 bits per heavy atom. The minimum Gasteiger partial charge on any atom is -0.478 e. The Hall–Kier alpha value is -3.65. The van der Waals surface area contributed by atoms with Crippen LogP contribution >= 0.6 is 11.6 Å². The Labute approximate surface area is 183 Å². The van der Waals surface area contributed by atoms with E-state index in [0.717, 1.165) is 17.0 Å². The lowest BCUT2D eigenvalue weighted by atomic mass is 10.1. The van der Waals surface area contributed by atoms with E-state index in [4.69, 9.17) is 21.4 Å². The van der Waals surface area contributed by atoms with E-state index in [2.05, 4.69) is 15.3 Å². The van der Waals surface area contributed by atoms with Crippen molar-refractivity contribution in [2.24, 2.45) is 0 Å². The number of amides is 1. The predicted octanol–water partition coefficient (Wildman–Crippen LogP) is 4.23. The fourth-order valence-corrected chi connectivity index (χ4v) is 2.88. The molecule has 0 fully saturated rings. The van der Waals surface area contributed by atoms with Gasteiger partial charge >= 0.3 is 11.9 Å². The molecule has 0 spiro atoms. The van der Waals surface area contributed by atoms with Gasteiger partial charge in [-0.2, -0.15) is 0 Å². The third-order valence-electron chi connectivity index (χ3n) is 4.65. The smallest absolute Gasteiger partial charge is 0.338 e. The Bertz CT molecular complexity index is 1130. The van der Waals surface area contributed by atoms with Crippen molar-refractivity contribution in [2.45, 2.75) is 26.9 Å². The van der Waals surface area contributed by atoms with Gasteiger partial charge in [-0.25, -0.2) is 14.6 Å². The molecule has 1 aromatic heterocycles. The Morgan fingerprint density at radius 2 is 1.74 bits per heavy atom. The van der Waals surface area contributed by atoms with Gasteiger partial charge in [0, 0.05) is 11.3 Å². The zero-order chi connectivity index (χ0) is 22.7. The van der Waals surface area contributed by atoms with Crippen LogP contribution in [0.15, 0.2) is 42.5 Å². The summed E-state index contributed by atoms with van der Waals surface area (Å²) in [6, 6.07) is 10.5. The molecular weight excluding hydrogens is 422 g/mol. The first-order valence-corrected chi connectivity index (χ1v) is 9.72. The van der Waals surface area contributed by atoms with Gasteiger partial charge in [-0.15, -0.1) is 0 Å². The number of H-pyrrole nitrogens is 1. The number of nitrogens with zero attached hydrogens (tertiary/aromatic N) is 1. The monoisotopic (exact) mass is 441 g/mol. The Kier molecular flexibility index (Phi) is 6.41. The number of carboxylic acids is 1. The molecule has 3 rings (SSSR count). The van der Waals surface area contributed by atoms with Crippen LogP contribution in [0.5, 0.6) is 0 Å². The second kappa shape index (κ2) is 9.01. The molecule has 0 bridgehead atoms. The van der Waals surface area contributed by atoms with Gasteiger partial charge < -0.3 is 20.1 Å². The number of aromatic amines is 1. The number of hydrogen-bond acceptors (Lipinski definition) is 5. The molecule has 160 valence electrons. The number of hydrogen-bond donors (Lipinski definition) is 3. The third-order valence-corrected chi connectivity index (χ3v) is 4.98. The largest absolute Gasteiger partial charge is 0.478 e. The second-order valence-corrected chi connectivity index (χ2v) is 7.32. The van der Waals surface area contributed by atoms with E-state index in [1.165, 1.54) is 25.1 Å². The molecule has 31 heavy (non-hydrogen) atoms. The lowest BCUT2D eigenvalue weighted by molar-refractivity contribution is -0.123. The highest BCUT2D eigenvalue weighted by atomic mass is 35.5. The van der Waals surface area contributed by atoms with Gasteiger partial charge in [-0.1, -0.05) is 23.7 Å². The van der Waals surface area contributed by atoms with E-state index >= 15 is 0 Å². The number of aromatic carboxylic acids is 1. The van der Waals surface area contributed by atoms with Gasteiger partial charge in [0.1, 0.15) is 5.82 Å². The molecule has 0 aliphatic heterocycles. The van der Waals surface area contributed by atoms with Crippen LogP contribution in [0.1, 0.15) is 39.0 Å². The van der Waals surface area contributed by atoms with Gasteiger partial charge in [-0.3, -0.25) is 4.79 Å². The van der Waals surface area contributed by atoms with Crippen molar-refractivity contribution < 1.29 is 24.2 Å². The molecule has 0 saturated carbocycles. The molecule has 9 heteroatoms. The number of esters is 1. The summed E-state index contributed by atoms with van der Waals surface area (Å²) in [4.78, 5) is 43.5. The highest BCUT2D eigenvalue weighted by molar-refractivity contribution is 6.34. The number of ether oxygens (including phenoxy) is 1. The van der Waals surface area contributed by atoms with Crippen molar-refractivity contribution in [3.8, 4) is 11.4 Å². The molecule has 0 saturated heterocycles. The molecule has 0 aliphatic rings. The van der Waals surface area contributed by atoms with Gasteiger partial charge in [0.05, 0.1) is 27.5 Å². The SMILES string of the molecule is Cc1nc(-c2ccc(C(=O)OC(C)C(=O)Nc3cc(C(=O)O)ccc3Cl)cc2)[nH]c1C. The molecule has 2 aromatic carbocycles. The summed E-state index contributed by atoms with van der Waals surface area (Å²) in [5.41, 5.74) is 3.02. The van der Waals surface area contributed by atoms with Crippen LogP contribution in [0.2, 0.25) is 5.02 Å². The molecule has 0 aliphatic carbocycles. The van der Waals surface area contributed by atoms with Crippen LogP contribution in [0.3, 0.4) is 0 Å². The Balaban J connectivity index is 1.65. The first kappa shape index (κ1) is 22.0. The Morgan fingerprint density at radius 3 is 2.32 bits per heavy atom. The van der Waals surface area contributed by atoms with E-state index in [1.807, 2.05) is 13.8 Å². The minimum absolute atomic E-state index is 0.0358. The number of anilines is 1. The number of carbonyl (C=O) groups excluding carboxylic acids is 2. The molecule has 8 nitrogen and oxygen atoms in total. The number of carbonyl (C=O) groups is 3. The number of aryl methyl sites for hydroxylation is 2. The lowest BCUT2D eigenvalue weighted by Crippen LogP contribution is -2.30. The van der Waals surface area contributed by atoms with Crippen LogP contribution in [-0.4, -0.2) is 39.0 Å². The summed E-state index contributed by atoms with van der Waals surface area (Å²) in [5, 5.41) is 11.7. The number of aromatic nitrogens is 2. The first-order valence-electron chi connectivity index (χ1n) is 9.34. The molecular formula is C22H20ClN3O5. The number of nitrogens with one attached hydrogen (secondary N) is 2. The minimum atomic E-state index is -1.16. The molecule has 3 aromatic rings. The summed E-state index contributed by atoms with van der Waals surface area (Å²) >= 11 is 6.00. The fourth-order valence-electron chi connectivity index (χ4n) is 2.72. The molecule has 1 amide bonds. The zero-order valence-corrected chi connectivity index (χ0v) is 17.8. The second-order valence-electron chi connectivity index (χ2n) is 6.91. The van der Waals surface area contributed by atoms with E-state index in [0.29, 0.717) is 5.82 Å². The van der Waals surface area contributed by atoms with Crippen LogP contribution in [0.25, 0.3) is 11.4 Å². The molecule has 1 heterocycles. The summed E-state index contributed by atoms with van der Waals surface area (Å²) < 4.78 is 5.22. The van der Waals surface area contributed by atoms with Gasteiger partial charge in [0.25, 0.3) is 5.91 Å². The third kappa shape index (κ3) is 5.10. The first-order chi connectivity index (χ1) is 14.7. The van der Waals surface area contributed by atoms with Gasteiger partial charge in [0.2, 0.25) is 0 Å². The highest BCUT2D eigenvalue weighted by Crippen LogP contribution is 2.24. The molecule has 1 atom stereocenters. The van der Waals surface area contributed by atoms with E-state index in [1.54, 1.807) is 24.3 Å². The standard InChI is InChI=1S/C22H20ClN3O5/c1-11-12(2)25-19(24-11)14-4-6-15(7-5-14)22(30)31-13(3)20(27)26-18-10-16(21(28)29)8-9-17(18)23/h4-10,13H,1-3H3,(H,24,25)(H,26,27)(H,28,29). The topological polar surface area (TPSA) is 121 Å². The molecule has 1 unspecified atom stereocenters. The quantitative estimate of drug-likeness (QED) is 0.492. The van der Waals surface area contributed by atoms with Crippen molar-refractivity contribution in [3.63, 3.8) is 0 Å². The van der Waals surface area contributed by atoms with Gasteiger partial charge in [-0.05, 0) is 51.1 Å². The summed E-state index contributed by atoms with van der Waals surface area (Å²) in [6.07, 6.45) is -1.13. The highest BCUT2D eigenvalue weighted by Gasteiger charge is 2.20. The van der Waals surface area contributed by atoms with E-state index in [9.17, 15) is 14.4 Å². The number of rotatable bonds is 6. The van der Waals surface area contributed by atoms with Crippen molar-refractivity contribution in [2.75, 3.05) is 5.32 Å². The maximum absolute atomic E-state index is 12.4. The normalized spacial score (nSPS) is 11.6. The van der Waals surface area contributed by atoms with Crippen LogP contribution in [0.4, 0.5) is 5.69 Å². The maximum atomic E-state index is 12.4.